The summed E-state index contributed by atoms with van der Waals surface area (Å²) >= 11 is 0. The number of nitrogens with one attached hydrogen (secondary N) is 1. The number of amides is 1. The molecule has 0 saturated heterocycles. The van der Waals surface area contributed by atoms with Crippen LogP contribution in [0.3, 0.4) is 0 Å². The van der Waals surface area contributed by atoms with E-state index in [0.717, 1.165) is 0 Å². The lowest BCUT2D eigenvalue weighted by atomic mass is 9.91. The molecule has 1 rings (SSSR count). The summed E-state index contributed by atoms with van der Waals surface area (Å²) in [6.45, 7) is 0. The second-order valence-corrected chi connectivity index (χ2v) is 3.09. The molecule has 3 unspecified atom stereocenters. The predicted octanol–water partition coefficient (Wildman–Crippen LogP) is -0.472. The fraction of sp³-hybridized carbons (Fsp3) is 0.857. The Balaban J connectivity index is 2.35. The Kier molecular flexibility index (Phi) is 2.88. The summed E-state index contributed by atoms with van der Waals surface area (Å²) < 4.78 is 0. The standard InChI is InChI=1S/C7H13NO4/c9-5-2-1-4(3-6(5)10)8-7(11)12/h4-6,8-10H,1-3H2,(H,11,12). The molecule has 1 aliphatic rings. The molecule has 4 N–H and O–H groups in total. The van der Waals surface area contributed by atoms with Gasteiger partial charge in [0.1, 0.15) is 0 Å². The van der Waals surface area contributed by atoms with Crippen molar-refractivity contribution in [2.45, 2.75) is 37.5 Å². The van der Waals surface area contributed by atoms with Crippen LogP contribution in [0, 0.1) is 0 Å². The molecule has 5 nitrogen and oxygen atoms in total. The van der Waals surface area contributed by atoms with Crippen LogP contribution in [0.4, 0.5) is 4.79 Å². The summed E-state index contributed by atoms with van der Waals surface area (Å²) in [6.07, 6.45) is -1.24. The van der Waals surface area contributed by atoms with Crippen LogP contribution >= 0.6 is 0 Å². The van der Waals surface area contributed by atoms with Crippen molar-refractivity contribution in [3.8, 4) is 0 Å². The van der Waals surface area contributed by atoms with Gasteiger partial charge in [-0.25, -0.2) is 4.79 Å². The third kappa shape index (κ3) is 2.35. The first-order valence-corrected chi connectivity index (χ1v) is 3.95. The lowest BCUT2D eigenvalue weighted by molar-refractivity contribution is -0.0174. The van der Waals surface area contributed by atoms with Gasteiger partial charge in [0, 0.05) is 6.04 Å². The summed E-state index contributed by atoms with van der Waals surface area (Å²) in [7, 11) is 0. The maximum Gasteiger partial charge on any atom is 0.404 e. The zero-order valence-electron chi connectivity index (χ0n) is 6.60. The van der Waals surface area contributed by atoms with Crippen LogP contribution in [0.25, 0.3) is 0 Å². The third-order valence-corrected chi connectivity index (χ3v) is 2.11. The van der Waals surface area contributed by atoms with Crippen LogP contribution < -0.4 is 5.32 Å². The number of carboxylic acid groups (broad SMARTS) is 1. The van der Waals surface area contributed by atoms with Gasteiger partial charge in [-0.05, 0) is 19.3 Å². The molecule has 0 radical (unpaired) electrons. The van der Waals surface area contributed by atoms with Crippen molar-refractivity contribution in [1.29, 1.82) is 0 Å². The van der Waals surface area contributed by atoms with Gasteiger partial charge in [0.05, 0.1) is 12.2 Å². The molecule has 70 valence electrons. The summed E-state index contributed by atoms with van der Waals surface area (Å²) in [5.41, 5.74) is 0. The predicted molar refractivity (Wildman–Crippen MR) is 40.8 cm³/mol. The number of hydrogen-bond donors (Lipinski definition) is 4. The van der Waals surface area contributed by atoms with Gasteiger partial charge in [0.2, 0.25) is 0 Å². The molecule has 0 spiro atoms. The smallest absolute Gasteiger partial charge is 0.404 e. The van der Waals surface area contributed by atoms with Gasteiger partial charge < -0.3 is 20.6 Å². The SMILES string of the molecule is O=C(O)NC1CCC(O)C(O)C1. The van der Waals surface area contributed by atoms with E-state index in [4.69, 9.17) is 10.2 Å². The lowest BCUT2D eigenvalue weighted by Crippen LogP contribution is -2.44. The number of rotatable bonds is 1. The number of hydrogen-bond acceptors (Lipinski definition) is 3. The molecule has 12 heavy (non-hydrogen) atoms. The molecule has 0 aromatic carbocycles. The first-order valence-electron chi connectivity index (χ1n) is 3.95. The van der Waals surface area contributed by atoms with Crippen LogP contribution in [0.5, 0.6) is 0 Å². The molecule has 1 amide bonds. The Labute approximate surface area is 70.0 Å². The fourth-order valence-corrected chi connectivity index (χ4v) is 1.44. The van der Waals surface area contributed by atoms with Crippen LogP contribution in [-0.2, 0) is 0 Å². The average Bonchev–Trinajstić information content (AvgIpc) is 1.96. The molecule has 0 aliphatic heterocycles. The second kappa shape index (κ2) is 3.73. The van der Waals surface area contributed by atoms with Crippen molar-refractivity contribution in [1.82, 2.24) is 5.32 Å². The molecule has 0 aromatic rings. The summed E-state index contributed by atoms with van der Waals surface area (Å²) in [5.74, 6) is 0. The molecule has 3 atom stereocenters. The quantitative estimate of drug-likeness (QED) is 0.433. The van der Waals surface area contributed by atoms with Crippen molar-refractivity contribution in [2.24, 2.45) is 0 Å². The van der Waals surface area contributed by atoms with E-state index >= 15 is 0 Å². The Morgan fingerprint density at radius 3 is 2.42 bits per heavy atom. The second-order valence-electron chi connectivity index (χ2n) is 3.09. The number of carbonyl (C=O) groups is 1. The van der Waals surface area contributed by atoms with E-state index in [9.17, 15) is 9.90 Å². The molecule has 0 aromatic heterocycles. The van der Waals surface area contributed by atoms with Gasteiger partial charge in [0.25, 0.3) is 0 Å². The van der Waals surface area contributed by atoms with E-state index in [-0.39, 0.29) is 6.04 Å². The monoisotopic (exact) mass is 175 g/mol. The van der Waals surface area contributed by atoms with Gasteiger partial charge in [-0.3, -0.25) is 0 Å². The van der Waals surface area contributed by atoms with Gasteiger partial charge >= 0.3 is 6.09 Å². The molecule has 5 heteroatoms. The van der Waals surface area contributed by atoms with Gasteiger partial charge in [-0.1, -0.05) is 0 Å². The normalized spacial score (nSPS) is 36.0. The minimum absolute atomic E-state index is 0.221. The largest absolute Gasteiger partial charge is 0.465 e. The summed E-state index contributed by atoms with van der Waals surface area (Å²) in [4.78, 5) is 10.2. The highest BCUT2D eigenvalue weighted by molar-refractivity contribution is 5.64. The van der Waals surface area contributed by atoms with E-state index in [1.165, 1.54) is 0 Å². The van der Waals surface area contributed by atoms with Crippen molar-refractivity contribution in [2.75, 3.05) is 0 Å². The van der Waals surface area contributed by atoms with E-state index in [1.54, 1.807) is 0 Å². The Morgan fingerprint density at radius 2 is 1.92 bits per heavy atom. The topological polar surface area (TPSA) is 89.8 Å². The molecular weight excluding hydrogens is 162 g/mol. The van der Waals surface area contributed by atoms with Gasteiger partial charge in [0.15, 0.2) is 0 Å². The van der Waals surface area contributed by atoms with E-state index in [1.807, 2.05) is 0 Å². The Hall–Kier alpha value is -0.810. The van der Waals surface area contributed by atoms with E-state index < -0.39 is 18.3 Å². The van der Waals surface area contributed by atoms with E-state index in [0.29, 0.717) is 19.3 Å². The number of aliphatic hydroxyl groups is 2. The number of aliphatic hydroxyl groups excluding tert-OH is 2. The molecule has 1 fully saturated rings. The molecular formula is C7H13NO4. The third-order valence-electron chi connectivity index (χ3n) is 2.11. The summed E-state index contributed by atoms with van der Waals surface area (Å²) in [5, 5.41) is 28.9. The summed E-state index contributed by atoms with van der Waals surface area (Å²) in [6, 6.07) is -0.221. The van der Waals surface area contributed by atoms with Crippen molar-refractivity contribution in [3.05, 3.63) is 0 Å². The highest BCUT2D eigenvalue weighted by Gasteiger charge is 2.28. The molecule has 0 bridgehead atoms. The Bertz CT molecular complexity index is 173. The zero-order valence-corrected chi connectivity index (χ0v) is 6.60. The van der Waals surface area contributed by atoms with Crippen LogP contribution in [0.2, 0.25) is 0 Å². The maximum absolute atomic E-state index is 10.2. The van der Waals surface area contributed by atoms with Gasteiger partial charge in [-0.15, -0.1) is 0 Å². The average molecular weight is 175 g/mol. The minimum Gasteiger partial charge on any atom is -0.465 e. The highest BCUT2D eigenvalue weighted by atomic mass is 16.4. The maximum atomic E-state index is 10.2. The Morgan fingerprint density at radius 1 is 1.25 bits per heavy atom. The molecule has 1 aliphatic carbocycles. The first-order chi connectivity index (χ1) is 5.59. The van der Waals surface area contributed by atoms with Crippen molar-refractivity contribution in [3.63, 3.8) is 0 Å². The van der Waals surface area contributed by atoms with Crippen molar-refractivity contribution < 1.29 is 20.1 Å². The van der Waals surface area contributed by atoms with E-state index in [2.05, 4.69) is 5.32 Å². The molecule has 0 heterocycles. The highest BCUT2D eigenvalue weighted by Crippen LogP contribution is 2.18. The lowest BCUT2D eigenvalue weighted by Gasteiger charge is -2.29. The zero-order chi connectivity index (χ0) is 9.14. The first kappa shape index (κ1) is 9.28. The van der Waals surface area contributed by atoms with Crippen LogP contribution in [0.1, 0.15) is 19.3 Å². The van der Waals surface area contributed by atoms with Crippen molar-refractivity contribution >= 4 is 6.09 Å². The fourth-order valence-electron chi connectivity index (χ4n) is 1.44. The van der Waals surface area contributed by atoms with Crippen LogP contribution in [-0.4, -0.2) is 39.7 Å². The molecule has 1 saturated carbocycles. The minimum atomic E-state index is -1.08. The van der Waals surface area contributed by atoms with Gasteiger partial charge in [-0.2, -0.15) is 0 Å². The van der Waals surface area contributed by atoms with Crippen LogP contribution in [0.15, 0.2) is 0 Å².